The molecular formula is C14H13N3O4S. The lowest BCUT2D eigenvalue weighted by atomic mass is 10.1. The Kier molecular flexibility index (Phi) is 2.93. The molecule has 1 saturated carbocycles. The van der Waals surface area contributed by atoms with Gasteiger partial charge in [0.1, 0.15) is 5.69 Å². The van der Waals surface area contributed by atoms with Crippen LogP contribution in [0.15, 0.2) is 30.6 Å². The van der Waals surface area contributed by atoms with E-state index in [4.69, 9.17) is 9.47 Å². The van der Waals surface area contributed by atoms with Gasteiger partial charge in [0.25, 0.3) is 0 Å². The van der Waals surface area contributed by atoms with Crippen molar-refractivity contribution in [2.24, 2.45) is 0 Å². The summed E-state index contributed by atoms with van der Waals surface area (Å²) in [5, 5.41) is -0.320. The maximum Gasteiger partial charge on any atom is 0.236 e. The molecule has 0 saturated heterocycles. The van der Waals surface area contributed by atoms with Gasteiger partial charge in [0.2, 0.25) is 16.8 Å². The number of nitrogens with one attached hydrogen (secondary N) is 1. The number of benzene rings is 1. The Morgan fingerprint density at radius 2 is 1.86 bits per heavy atom. The lowest BCUT2D eigenvalue weighted by molar-refractivity contribution is 0.174. The highest BCUT2D eigenvalue weighted by molar-refractivity contribution is 7.93. The summed E-state index contributed by atoms with van der Waals surface area (Å²) in [5.74, 6) is 1.50. The smallest absolute Gasteiger partial charge is 0.236 e. The van der Waals surface area contributed by atoms with Crippen LogP contribution < -0.4 is 14.2 Å². The van der Waals surface area contributed by atoms with E-state index in [0.29, 0.717) is 35.6 Å². The number of ether oxygens (including phenoxy) is 2. The number of fused-ring (bicyclic) bond motifs is 1. The zero-order valence-electron chi connectivity index (χ0n) is 11.5. The van der Waals surface area contributed by atoms with Gasteiger partial charge in [0.05, 0.1) is 5.25 Å². The Morgan fingerprint density at radius 3 is 2.68 bits per heavy atom. The predicted octanol–water partition coefficient (Wildman–Crippen LogP) is 1.78. The number of rotatable bonds is 4. The van der Waals surface area contributed by atoms with E-state index in [1.165, 1.54) is 12.4 Å². The number of aromatic nitrogens is 2. The lowest BCUT2D eigenvalue weighted by Gasteiger charge is -2.10. The van der Waals surface area contributed by atoms with Gasteiger partial charge in [-0.15, -0.1) is 0 Å². The largest absolute Gasteiger partial charge is 0.454 e. The SMILES string of the molecule is O=S(=O)(Nc1nccnc1-c1ccc2c(c1)OCO2)C1CC1. The minimum Gasteiger partial charge on any atom is -0.454 e. The van der Waals surface area contributed by atoms with Crippen molar-refractivity contribution in [1.82, 2.24) is 9.97 Å². The van der Waals surface area contributed by atoms with Crippen LogP contribution in [-0.2, 0) is 10.0 Å². The highest BCUT2D eigenvalue weighted by atomic mass is 32.2. The summed E-state index contributed by atoms with van der Waals surface area (Å²) >= 11 is 0. The lowest BCUT2D eigenvalue weighted by Crippen LogP contribution is -2.19. The third kappa shape index (κ3) is 2.35. The molecule has 0 bridgehead atoms. The van der Waals surface area contributed by atoms with Crippen LogP contribution >= 0.6 is 0 Å². The van der Waals surface area contributed by atoms with Gasteiger partial charge in [-0.25, -0.2) is 13.4 Å². The van der Waals surface area contributed by atoms with Crippen LogP contribution in [0.5, 0.6) is 11.5 Å². The summed E-state index contributed by atoms with van der Waals surface area (Å²) in [6.45, 7) is 0.181. The molecular weight excluding hydrogens is 306 g/mol. The highest BCUT2D eigenvalue weighted by Crippen LogP contribution is 2.37. The predicted molar refractivity (Wildman–Crippen MR) is 79.2 cm³/mol. The quantitative estimate of drug-likeness (QED) is 0.923. The Labute approximate surface area is 127 Å². The summed E-state index contributed by atoms with van der Waals surface area (Å²) in [6, 6.07) is 5.33. The molecule has 1 aliphatic heterocycles. The van der Waals surface area contributed by atoms with Crippen LogP contribution in [0.25, 0.3) is 11.3 Å². The van der Waals surface area contributed by atoms with Crippen molar-refractivity contribution >= 4 is 15.8 Å². The second kappa shape index (κ2) is 4.84. The molecule has 1 N–H and O–H groups in total. The number of hydrogen-bond donors (Lipinski definition) is 1. The molecule has 0 atom stereocenters. The molecule has 1 aromatic heterocycles. The van der Waals surface area contributed by atoms with E-state index in [9.17, 15) is 8.42 Å². The van der Waals surface area contributed by atoms with Gasteiger partial charge < -0.3 is 9.47 Å². The Balaban J connectivity index is 1.73. The van der Waals surface area contributed by atoms with Crippen LogP contribution in [0, 0.1) is 0 Å². The van der Waals surface area contributed by atoms with Gasteiger partial charge in [-0.05, 0) is 31.0 Å². The molecule has 4 rings (SSSR count). The van der Waals surface area contributed by atoms with Crippen molar-refractivity contribution in [2.45, 2.75) is 18.1 Å². The van der Waals surface area contributed by atoms with Gasteiger partial charge in [0.15, 0.2) is 17.3 Å². The van der Waals surface area contributed by atoms with E-state index in [-0.39, 0.29) is 17.9 Å². The first-order chi connectivity index (χ1) is 10.6. The molecule has 7 nitrogen and oxygen atoms in total. The molecule has 0 amide bonds. The molecule has 1 fully saturated rings. The average Bonchev–Trinajstić information content (AvgIpc) is 3.27. The van der Waals surface area contributed by atoms with E-state index < -0.39 is 10.0 Å². The summed E-state index contributed by atoms with van der Waals surface area (Å²) in [5.41, 5.74) is 1.18. The minimum atomic E-state index is -3.39. The van der Waals surface area contributed by atoms with Crippen LogP contribution in [0.1, 0.15) is 12.8 Å². The molecule has 114 valence electrons. The standard InChI is InChI=1S/C14H13N3O4S/c18-22(19,10-2-3-10)17-14-13(15-5-6-16-14)9-1-4-11-12(7-9)21-8-20-11/h1,4-7,10H,2-3,8H2,(H,16,17). The third-order valence-corrected chi connectivity index (χ3v) is 5.37. The van der Waals surface area contributed by atoms with Gasteiger partial charge in [0, 0.05) is 18.0 Å². The molecule has 0 unspecified atom stereocenters. The van der Waals surface area contributed by atoms with Crippen molar-refractivity contribution < 1.29 is 17.9 Å². The van der Waals surface area contributed by atoms with Gasteiger partial charge >= 0.3 is 0 Å². The average molecular weight is 319 g/mol. The molecule has 2 aromatic rings. The molecule has 2 aliphatic rings. The Hall–Kier alpha value is -2.35. The number of nitrogens with zero attached hydrogens (tertiary/aromatic N) is 2. The first kappa shape index (κ1) is 13.3. The van der Waals surface area contributed by atoms with Crippen molar-refractivity contribution in [3.63, 3.8) is 0 Å². The molecule has 0 spiro atoms. The van der Waals surface area contributed by atoms with Crippen molar-refractivity contribution in [3.8, 4) is 22.8 Å². The van der Waals surface area contributed by atoms with Gasteiger partial charge in [-0.3, -0.25) is 9.71 Å². The summed E-state index contributed by atoms with van der Waals surface area (Å²) in [6.07, 6.45) is 4.36. The monoisotopic (exact) mass is 319 g/mol. The van der Waals surface area contributed by atoms with Crippen LogP contribution in [0.2, 0.25) is 0 Å². The van der Waals surface area contributed by atoms with Crippen LogP contribution in [-0.4, -0.2) is 30.4 Å². The molecule has 0 radical (unpaired) electrons. The fourth-order valence-corrected chi connectivity index (χ4v) is 3.61. The Morgan fingerprint density at radius 1 is 1.09 bits per heavy atom. The zero-order valence-corrected chi connectivity index (χ0v) is 12.3. The normalized spacial score (nSPS) is 16.5. The first-order valence-corrected chi connectivity index (χ1v) is 8.41. The summed E-state index contributed by atoms with van der Waals surface area (Å²) in [7, 11) is -3.39. The zero-order chi connectivity index (χ0) is 15.2. The van der Waals surface area contributed by atoms with Crippen LogP contribution in [0.4, 0.5) is 5.82 Å². The Bertz CT molecular complexity index is 834. The number of hydrogen-bond acceptors (Lipinski definition) is 6. The second-order valence-corrected chi connectivity index (χ2v) is 7.13. The highest BCUT2D eigenvalue weighted by Gasteiger charge is 2.36. The molecule has 1 aliphatic carbocycles. The molecule has 1 aromatic carbocycles. The minimum absolute atomic E-state index is 0.181. The van der Waals surface area contributed by atoms with Gasteiger partial charge in [-0.1, -0.05) is 0 Å². The number of anilines is 1. The fraction of sp³-hybridized carbons (Fsp3) is 0.286. The number of sulfonamides is 1. The fourth-order valence-electron chi connectivity index (χ4n) is 2.26. The maximum absolute atomic E-state index is 12.1. The molecule has 22 heavy (non-hydrogen) atoms. The van der Waals surface area contributed by atoms with E-state index >= 15 is 0 Å². The third-order valence-electron chi connectivity index (χ3n) is 3.55. The summed E-state index contributed by atoms with van der Waals surface area (Å²) in [4.78, 5) is 8.37. The summed E-state index contributed by atoms with van der Waals surface area (Å²) < 4.78 is 37.4. The molecule has 8 heteroatoms. The van der Waals surface area contributed by atoms with Gasteiger partial charge in [-0.2, -0.15) is 0 Å². The maximum atomic E-state index is 12.1. The topological polar surface area (TPSA) is 90.4 Å². The molecule has 2 heterocycles. The van der Waals surface area contributed by atoms with E-state index in [2.05, 4.69) is 14.7 Å². The van der Waals surface area contributed by atoms with E-state index in [0.717, 1.165) is 0 Å². The van der Waals surface area contributed by atoms with Crippen molar-refractivity contribution in [1.29, 1.82) is 0 Å². The van der Waals surface area contributed by atoms with Crippen molar-refractivity contribution in [2.75, 3.05) is 11.5 Å². The second-order valence-electron chi connectivity index (χ2n) is 5.17. The van der Waals surface area contributed by atoms with Crippen molar-refractivity contribution in [3.05, 3.63) is 30.6 Å². The van der Waals surface area contributed by atoms with E-state index in [1.807, 2.05) is 0 Å². The van der Waals surface area contributed by atoms with Crippen LogP contribution in [0.3, 0.4) is 0 Å². The first-order valence-electron chi connectivity index (χ1n) is 6.86. The van der Waals surface area contributed by atoms with E-state index in [1.54, 1.807) is 18.2 Å².